The molecule has 0 bridgehead atoms. The van der Waals surface area contributed by atoms with Crippen molar-refractivity contribution in [1.82, 2.24) is 25.0 Å². The molecule has 0 saturated heterocycles. The fourth-order valence-corrected chi connectivity index (χ4v) is 2.44. The number of hydrogen-bond donors (Lipinski definition) is 1. The number of nitrogens with zero attached hydrogens (tertiary/aromatic N) is 4. The van der Waals surface area contributed by atoms with Gasteiger partial charge in [-0.3, -0.25) is 9.67 Å². The van der Waals surface area contributed by atoms with Crippen LogP contribution in [0.15, 0.2) is 24.7 Å². The van der Waals surface area contributed by atoms with Crippen molar-refractivity contribution in [3.63, 3.8) is 0 Å². The maximum Gasteiger partial charge on any atom is 0.146 e. The molecule has 114 valence electrons. The van der Waals surface area contributed by atoms with E-state index in [2.05, 4.69) is 20.3 Å². The van der Waals surface area contributed by atoms with Crippen molar-refractivity contribution in [3.05, 3.63) is 46.8 Å². The third-order valence-electron chi connectivity index (χ3n) is 3.27. The topological polar surface area (TPSA) is 46.0 Å². The van der Waals surface area contributed by atoms with Crippen LogP contribution < -0.4 is 5.32 Å². The van der Waals surface area contributed by atoms with Gasteiger partial charge < -0.3 is 10.2 Å². The van der Waals surface area contributed by atoms with Gasteiger partial charge in [0.15, 0.2) is 0 Å². The Labute approximate surface area is 128 Å². The molecule has 1 unspecified atom stereocenters. The lowest BCUT2D eigenvalue weighted by atomic mass is 10.0. The third-order valence-corrected chi connectivity index (χ3v) is 3.56. The highest BCUT2D eigenvalue weighted by Crippen LogP contribution is 2.29. The summed E-state index contributed by atoms with van der Waals surface area (Å²) in [5.41, 5.74) is 1.26. The third kappa shape index (κ3) is 3.58. The second kappa shape index (κ2) is 6.98. The lowest BCUT2D eigenvalue weighted by Gasteiger charge is -2.20. The fourth-order valence-electron chi connectivity index (χ4n) is 2.19. The number of nitrogens with one attached hydrogen (secondary N) is 1. The predicted molar refractivity (Wildman–Crippen MR) is 80.9 cm³/mol. The van der Waals surface area contributed by atoms with E-state index in [-0.39, 0.29) is 11.9 Å². The Morgan fingerprint density at radius 3 is 2.81 bits per heavy atom. The Balaban J connectivity index is 2.38. The second-order valence-electron chi connectivity index (χ2n) is 5.02. The molecule has 0 saturated carbocycles. The van der Waals surface area contributed by atoms with Crippen LogP contribution in [0, 0.1) is 5.82 Å². The van der Waals surface area contributed by atoms with Gasteiger partial charge in [-0.15, -0.1) is 0 Å². The van der Waals surface area contributed by atoms with Crippen LogP contribution in [0.1, 0.15) is 17.3 Å². The Morgan fingerprint density at radius 1 is 1.43 bits per heavy atom. The van der Waals surface area contributed by atoms with Gasteiger partial charge in [0.05, 0.1) is 35.7 Å². The zero-order chi connectivity index (χ0) is 15.4. The number of pyridine rings is 1. The summed E-state index contributed by atoms with van der Waals surface area (Å²) >= 11 is 6.26. The largest absolute Gasteiger partial charge is 0.308 e. The van der Waals surface area contributed by atoms with Crippen LogP contribution in [0.4, 0.5) is 4.39 Å². The molecule has 0 aromatic carbocycles. The summed E-state index contributed by atoms with van der Waals surface area (Å²) in [7, 11) is 5.75. The fraction of sp³-hybridized carbons (Fsp3) is 0.429. The Morgan fingerprint density at radius 2 is 2.19 bits per heavy atom. The molecule has 7 heteroatoms. The van der Waals surface area contributed by atoms with E-state index in [1.807, 2.05) is 18.8 Å². The van der Waals surface area contributed by atoms with Gasteiger partial charge in [0.2, 0.25) is 0 Å². The molecule has 0 fully saturated rings. The smallest absolute Gasteiger partial charge is 0.146 e. The van der Waals surface area contributed by atoms with Crippen molar-refractivity contribution in [1.29, 1.82) is 0 Å². The first-order valence-corrected chi connectivity index (χ1v) is 7.05. The summed E-state index contributed by atoms with van der Waals surface area (Å²) in [5, 5.41) is 7.91. The van der Waals surface area contributed by atoms with Gasteiger partial charge in [-0.05, 0) is 27.2 Å². The summed E-state index contributed by atoms with van der Waals surface area (Å²) < 4.78 is 15.8. The van der Waals surface area contributed by atoms with Crippen LogP contribution in [0.2, 0.25) is 5.02 Å². The van der Waals surface area contributed by atoms with E-state index in [0.717, 1.165) is 12.2 Å². The molecule has 0 spiro atoms. The number of rotatable bonds is 6. The van der Waals surface area contributed by atoms with E-state index in [1.54, 1.807) is 25.5 Å². The molecular weight excluding hydrogens is 293 g/mol. The number of likely N-dealkylation sites (N-methyl/N-ethyl adjacent to an activating group) is 1. The first kappa shape index (κ1) is 15.9. The van der Waals surface area contributed by atoms with Crippen molar-refractivity contribution < 1.29 is 4.39 Å². The highest BCUT2D eigenvalue weighted by Gasteiger charge is 2.23. The van der Waals surface area contributed by atoms with E-state index in [9.17, 15) is 4.39 Å². The average molecular weight is 312 g/mol. The van der Waals surface area contributed by atoms with Crippen LogP contribution in [0.5, 0.6) is 0 Å². The summed E-state index contributed by atoms with van der Waals surface area (Å²) in [6.45, 7) is 1.50. The minimum atomic E-state index is -0.370. The Kier molecular flexibility index (Phi) is 5.27. The molecule has 2 rings (SSSR count). The minimum absolute atomic E-state index is 0.367. The van der Waals surface area contributed by atoms with Gasteiger partial charge in [0.25, 0.3) is 0 Å². The molecule has 5 nitrogen and oxygen atoms in total. The van der Waals surface area contributed by atoms with Crippen LogP contribution >= 0.6 is 11.6 Å². The molecule has 2 heterocycles. The summed E-state index contributed by atoms with van der Waals surface area (Å²) in [6.07, 6.45) is 4.36. The molecule has 0 radical (unpaired) electrons. The first-order valence-electron chi connectivity index (χ1n) is 6.67. The van der Waals surface area contributed by atoms with Gasteiger partial charge in [0.1, 0.15) is 5.82 Å². The lowest BCUT2D eigenvalue weighted by Crippen LogP contribution is -2.26. The van der Waals surface area contributed by atoms with E-state index in [0.29, 0.717) is 17.1 Å². The number of halogens is 2. The van der Waals surface area contributed by atoms with E-state index >= 15 is 0 Å². The van der Waals surface area contributed by atoms with E-state index in [1.165, 1.54) is 6.20 Å². The summed E-state index contributed by atoms with van der Waals surface area (Å²) in [6, 6.07) is 1.28. The van der Waals surface area contributed by atoms with Gasteiger partial charge in [-0.2, -0.15) is 5.10 Å². The minimum Gasteiger partial charge on any atom is -0.308 e. The summed E-state index contributed by atoms with van der Waals surface area (Å²) in [4.78, 5) is 5.84. The molecule has 0 aliphatic carbocycles. The Bertz CT molecular complexity index is 599. The second-order valence-corrected chi connectivity index (χ2v) is 5.43. The predicted octanol–water partition coefficient (Wildman–Crippen LogP) is 1.94. The molecule has 0 aliphatic rings. The zero-order valence-electron chi connectivity index (χ0n) is 12.3. The molecule has 2 aromatic heterocycles. The van der Waals surface area contributed by atoms with E-state index in [4.69, 9.17) is 11.6 Å². The standard InChI is InChI=1S/C14H19ClFN5/c1-17-13(10-4-5-18-9-12(10)16)14-11(15)8-19-21(14)7-6-20(2)3/h4-5,8-9,13,17H,6-7H2,1-3H3. The van der Waals surface area contributed by atoms with Gasteiger partial charge >= 0.3 is 0 Å². The highest BCUT2D eigenvalue weighted by molar-refractivity contribution is 6.31. The number of hydrogen-bond acceptors (Lipinski definition) is 4. The van der Waals surface area contributed by atoms with Crippen molar-refractivity contribution in [3.8, 4) is 0 Å². The zero-order valence-corrected chi connectivity index (χ0v) is 13.1. The molecule has 2 aromatic rings. The lowest BCUT2D eigenvalue weighted by molar-refractivity contribution is 0.366. The molecule has 1 atom stereocenters. The first-order chi connectivity index (χ1) is 10.0. The van der Waals surface area contributed by atoms with Crippen molar-refractivity contribution in [2.45, 2.75) is 12.6 Å². The maximum atomic E-state index is 14.0. The van der Waals surface area contributed by atoms with Crippen LogP contribution in [-0.2, 0) is 6.54 Å². The van der Waals surface area contributed by atoms with Gasteiger partial charge in [-0.1, -0.05) is 11.6 Å². The van der Waals surface area contributed by atoms with Crippen LogP contribution in [0.25, 0.3) is 0 Å². The van der Waals surface area contributed by atoms with Crippen molar-refractivity contribution in [2.24, 2.45) is 0 Å². The molecular formula is C14H19ClFN5. The summed E-state index contributed by atoms with van der Waals surface area (Å²) in [5.74, 6) is -0.367. The van der Waals surface area contributed by atoms with Crippen molar-refractivity contribution in [2.75, 3.05) is 27.7 Å². The van der Waals surface area contributed by atoms with Gasteiger partial charge in [0, 0.05) is 18.3 Å². The molecule has 0 amide bonds. The normalized spacial score (nSPS) is 12.9. The maximum absolute atomic E-state index is 14.0. The average Bonchev–Trinajstić information content (AvgIpc) is 2.81. The molecule has 21 heavy (non-hydrogen) atoms. The Hall–Kier alpha value is -1.50. The van der Waals surface area contributed by atoms with Crippen LogP contribution in [-0.4, -0.2) is 47.4 Å². The number of aromatic nitrogens is 3. The SMILES string of the molecule is CNC(c1ccncc1F)c1c(Cl)cnn1CCN(C)C. The molecule has 0 aliphatic heterocycles. The molecule has 1 N–H and O–H groups in total. The quantitative estimate of drug-likeness (QED) is 0.885. The monoisotopic (exact) mass is 311 g/mol. The van der Waals surface area contributed by atoms with Crippen molar-refractivity contribution >= 4 is 11.6 Å². The van der Waals surface area contributed by atoms with E-state index < -0.39 is 0 Å². The van der Waals surface area contributed by atoms with Gasteiger partial charge in [-0.25, -0.2) is 4.39 Å². The van der Waals surface area contributed by atoms with Crippen LogP contribution in [0.3, 0.4) is 0 Å². The highest BCUT2D eigenvalue weighted by atomic mass is 35.5.